The van der Waals surface area contributed by atoms with Crippen LogP contribution in [0.5, 0.6) is 11.5 Å². The SMILES string of the molecule is CC1CN(C(=O)c2cc(O)cc(O)c2)CC/C1=N\O. The van der Waals surface area contributed by atoms with E-state index < -0.39 is 0 Å². The summed E-state index contributed by atoms with van der Waals surface area (Å²) in [6.07, 6.45) is 0.522. The molecule has 0 bridgehead atoms. The van der Waals surface area contributed by atoms with E-state index in [1.165, 1.54) is 18.2 Å². The minimum Gasteiger partial charge on any atom is -0.508 e. The molecule has 2 rings (SSSR count). The largest absolute Gasteiger partial charge is 0.508 e. The fourth-order valence-electron chi connectivity index (χ4n) is 2.26. The zero-order valence-corrected chi connectivity index (χ0v) is 10.6. The normalized spacial score (nSPS) is 21.6. The zero-order chi connectivity index (χ0) is 14.0. The molecule has 1 aliphatic heterocycles. The molecule has 0 aliphatic carbocycles. The Hall–Kier alpha value is -2.24. The van der Waals surface area contributed by atoms with Crippen LogP contribution in [0.2, 0.25) is 0 Å². The number of phenolic OH excluding ortho intramolecular Hbond substituents is 2. The maximum Gasteiger partial charge on any atom is 0.254 e. The third-order valence-corrected chi connectivity index (χ3v) is 3.27. The Balaban J connectivity index is 2.16. The number of amides is 1. The van der Waals surface area contributed by atoms with Gasteiger partial charge in [0.25, 0.3) is 5.91 Å². The number of aromatic hydroxyl groups is 2. The zero-order valence-electron chi connectivity index (χ0n) is 10.6. The van der Waals surface area contributed by atoms with Gasteiger partial charge in [0, 0.05) is 37.1 Å². The van der Waals surface area contributed by atoms with Gasteiger partial charge in [-0.1, -0.05) is 12.1 Å². The van der Waals surface area contributed by atoms with E-state index in [-0.39, 0.29) is 28.9 Å². The van der Waals surface area contributed by atoms with Crippen molar-refractivity contribution in [2.75, 3.05) is 13.1 Å². The summed E-state index contributed by atoms with van der Waals surface area (Å²) in [4.78, 5) is 13.9. The first kappa shape index (κ1) is 13.2. The number of phenols is 2. The van der Waals surface area contributed by atoms with E-state index in [1.807, 2.05) is 6.92 Å². The first-order chi connectivity index (χ1) is 9.01. The van der Waals surface area contributed by atoms with Crippen LogP contribution in [-0.2, 0) is 0 Å². The molecule has 3 N–H and O–H groups in total. The molecule has 1 heterocycles. The maximum absolute atomic E-state index is 12.2. The van der Waals surface area contributed by atoms with E-state index in [1.54, 1.807) is 4.90 Å². The molecule has 1 amide bonds. The minimum absolute atomic E-state index is 0.00592. The Morgan fingerprint density at radius 3 is 2.47 bits per heavy atom. The van der Waals surface area contributed by atoms with Crippen molar-refractivity contribution in [2.45, 2.75) is 13.3 Å². The monoisotopic (exact) mass is 264 g/mol. The number of hydrogen-bond acceptors (Lipinski definition) is 5. The fourth-order valence-corrected chi connectivity index (χ4v) is 2.26. The van der Waals surface area contributed by atoms with Gasteiger partial charge in [-0.15, -0.1) is 0 Å². The molecule has 0 saturated carbocycles. The molecule has 102 valence electrons. The molecule has 1 atom stereocenters. The number of benzene rings is 1. The molecule has 1 fully saturated rings. The highest BCUT2D eigenvalue weighted by molar-refractivity contribution is 5.97. The van der Waals surface area contributed by atoms with Gasteiger partial charge < -0.3 is 20.3 Å². The van der Waals surface area contributed by atoms with E-state index in [0.29, 0.717) is 25.2 Å². The Labute approximate surface area is 110 Å². The maximum atomic E-state index is 12.2. The van der Waals surface area contributed by atoms with Gasteiger partial charge in [-0.2, -0.15) is 0 Å². The van der Waals surface area contributed by atoms with Gasteiger partial charge in [-0.3, -0.25) is 4.79 Å². The first-order valence-electron chi connectivity index (χ1n) is 6.04. The molecule has 0 radical (unpaired) electrons. The molecule has 6 heteroatoms. The molecule has 19 heavy (non-hydrogen) atoms. The lowest BCUT2D eigenvalue weighted by atomic mass is 9.97. The lowest BCUT2D eigenvalue weighted by Crippen LogP contribution is -2.43. The Morgan fingerprint density at radius 2 is 1.95 bits per heavy atom. The van der Waals surface area contributed by atoms with Crippen molar-refractivity contribution in [3.8, 4) is 11.5 Å². The van der Waals surface area contributed by atoms with Crippen molar-refractivity contribution in [3.63, 3.8) is 0 Å². The molecular weight excluding hydrogens is 248 g/mol. The van der Waals surface area contributed by atoms with Crippen LogP contribution in [0.25, 0.3) is 0 Å². The van der Waals surface area contributed by atoms with Crippen LogP contribution in [0.15, 0.2) is 23.4 Å². The molecule has 1 aromatic carbocycles. The van der Waals surface area contributed by atoms with Crippen molar-refractivity contribution in [1.82, 2.24) is 4.90 Å². The first-order valence-corrected chi connectivity index (χ1v) is 6.04. The number of carbonyl (C=O) groups is 1. The average Bonchev–Trinajstić information content (AvgIpc) is 2.36. The van der Waals surface area contributed by atoms with E-state index >= 15 is 0 Å². The molecule has 6 nitrogen and oxygen atoms in total. The van der Waals surface area contributed by atoms with Crippen molar-refractivity contribution in [1.29, 1.82) is 0 Å². The molecule has 1 aromatic rings. The highest BCUT2D eigenvalue weighted by atomic mass is 16.4. The predicted octanol–water partition coefficient (Wildman–Crippen LogP) is 1.41. The average molecular weight is 264 g/mol. The second-order valence-corrected chi connectivity index (χ2v) is 4.73. The Morgan fingerprint density at radius 1 is 1.32 bits per heavy atom. The number of piperidine rings is 1. The minimum atomic E-state index is -0.255. The molecule has 1 aliphatic rings. The third-order valence-electron chi connectivity index (χ3n) is 3.27. The van der Waals surface area contributed by atoms with E-state index in [2.05, 4.69) is 5.16 Å². The molecule has 1 unspecified atom stereocenters. The summed E-state index contributed by atoms with van der Waals surface area (Å²) in [5.41, 5.74) is 0.928. The summed E-state index contributed by atoms with van der Waals surface area (Å²) in [6, 6.07) is 3.82. The molecule has 1 saturated heterocycles. The molecule has 0 aromatic heterocycles. The summed E-state index contributed by atoms with van der Waals surface area (Å²) in [5.74, 6) is -0.555. The van der Waals surface area contributed by atoms with Crippen LogP contribution < -0.4 is 0 Å². The highest BCUT2D eigenvalue weighted by Crippen LogP contribution is 2.23. The van der Waals surface area contributed by atoms with Crippen LogP contribution in [0.1, 0.15) is 23.7 Å². The van der Waals surface area contributed by atoms with Crippen LogP contribution >= 0.6 is 0 Å². The predicted molar refractivity (Wildman–Crippen MR) is 68.7 cm³/mol. The summed E-state index contributed by atoms with van der Waals surface area (Å²) in [6.45, 7) is 2.79. The van der Waals surface area contributed by atoms with Gasteiger partial charge >= 0.3 is 0 Å². The standard InChI is InChI=1S/C13H16N2O4/c1-8-7-15(3-2-12(8)14-19)13(18)9-4-10(16)6-11(17)5-9/h4-6,8,16-17,19H,2-3,7H2,1H3/b14-12+. The number of oxime groups is 1. The second kappa shape index (κ2) is 5.17. The van der Waals surface area contributed by atoms with Crippen molar-refractivity contribution in [2.24, 2.45) is 11.1 Å². The third kappa shape index (κ3) is 2.78. The summed E-state index contributed by atoms with van der Waals surface area (Å²) in [7, 11) is 0. The van der Waals surface area contributed by atoms with Gasteiger partial charge in [0.15, 0.2) is 0 Å². The second-order valence-electron chi connectivity index (χ2n) is 4.73. The number of nitrogens with zero attached hydrogens (tertiary/aromatic N) is 2. The van der Waals surface area contributed by atoms with Crippen molar-refractivity contribution >= 4 is 11.6 Å². The molecular formula is C13H16N2O4. The lowest BCUT2D eigenvalue weighted by Gasteiger charge is -2.31. The van der Waals surface area contributed by atoms with Crippen LogP contribution in [-0.4, -0.2) is 45.0 Å². The number of rotatable bonds is 1. The van der Waals surface area contributed by atoms with Crippen molar-refractivity contribution < 1.29 is 20.2 Å². The van der Waals surface area contributed by atoms with Gasteiger partial charge in [0.2, 0.25) is 0 Å². The summed E-state index contributed by atoms with van der Waals surface area (Å²) in [5, 5.41) is 30.8. The van der Waals surface area contributed by atoms with Gasteiger partial charge in [0.1, 0.15) is 11.5 Å². The topological polar surface area (TPSA) is 93.4 Å². The van der Waals surface area contributed by atoms with Gasteiger partial charge in [0.05, 0.1) is 5.71 Å². The van der Waals surface area contributed by atoms with E-state index in [0.717, 1.165) is 0 Å². The summed E-state index contributed by atoms with van der Waals surface area (Å²) >= 11 is 0. The Kier molecular flexibility index (Phi) is 3.59. The number of likely N-dealkylation sites (tertiary alicyclic amines) is 1. The van der Waals surface area contributed by atoms with Gasteiger partial charge in [-0.05, 0) is 12.1 Å². The fraction of sp³-hybridized carbons (Fsp3) is 0.385. The Bertz CT molecular complexity index is 507. The van der Waals surface area contributed by atoms with E-state index in [4.69, 9.17) is 5.21 Å². The molecule has 0 spiro atoms. The van der Waals surface area contributed by atoms with Gasteiger partial charge in [-0.25, -0.2) is 0 Å². The quantitative estimate of drug-likeness (QED) is 0.528. The smallest absolute Gasteiger partial charge is 0.254 e. The lowest BCUT2D eigenvalue weighted by molar-refractivity contribution is 0.0733. The van der Waals surface area contributed by atoms with Crippen LogP contribution in [0.4, 0.5) is 0 Å². The van der Waals surface area contributed by atoms with Crippen LogP contribution in [0.3, 0.4) is 0 Å². The summed E-state index contributed by atoms with van der Waals surface area (Å²) < 4.78 is 0. The van der Waals surface area contributed by atoms with E-state index in [9.17, 15) is 15.0 Å². The van der Waals surface area contributed by atoms with Crippen LogP contribution in [0, 0.1) is 5.92 Å². The number of carbonyl (C=O) groups excluding carboxylic acids is 1. The highest BCUT2D eigenvalue weighted by Gasteiger charge is 2.26. The number of hydrogen-bond donors (Lipinski definition) is 3. The van der Waals surface area contributed by atoms with Crippen molar-refractivity contribution in [3.05, 3.63) is 23.8 Å².